The molecule has 0 heterocycles. The van der Waals surface area contributed by atoms with Gasteiger partial charge in [0.1, 0.15) is 0 Å². The van der Waals surface area contributed by atoms with Crippen molar-refractivity contribution >= 4 is 6.03 Å². The first-order valence-corrected chi connectivity index (χ1v) is 8.51. The van der Waals surface area contributed by atoms with E-state index in [1.807, 2.05) is 24.3 Å². The molecule has 5 nitrogen and oxygen atoms in total. The zero-order valence-corrected chi connectivity index (χ0v) is 14.4. The Morgan fingerprint density at radius 3 is 2.52 bits per heavy atom. The maximum atomic E-state index is 12.1. The number of rotatable bonds is 8. The van der Waals surface area contributed by atoms with Crippen LogP contribution < -0.4 is 10.6 Å². The van der Waals surface area contributed by atoms with Crippen LogP contribution in [0.2, 0.25) is 0 Å². The normalized spacial score (nSPS) is 16.9. The number of nitrogens with zero attached hydrogens (tertiary/aromatic N) is 1. The first kappa shape index (κ1) is 17.8. The standard InChI is InChI=1S/C18H29N3O2/c1-4-14-5-7-15(8-6-14)17(12-22)20-18(23)19-11-13(2)21(3)16-9-10-16/h5-8,13,16-17,22H,4,9-12H2,1-3H3,(H2,19,20,23). The average molecular weight is 319 g/mol. The number of aliphatic hydroxyl groups is 1. The number of carbonyl (C=O) groups is 1. The summed E-state index contributed by atoms with van der Waals surface area (Å²) in [7, 11) is 2.10. The van der Waals surface area contributed by atoms with Crippen molar-refractivity contribution in [1.82, 2.24) is 15.5 Å². The molecule has 0 radical (unpaired) electrons. The van der Waals surface area contributed by atoms with Crippen molar-refractivity contribution in [3.05, 3.63) is 35.4 Å². The molecule has 3 N–H and O–H groups in total. The lowest BCUT2D eigenvalue weighted by Gasteiger charge is -2.25. The van der Waals surface area contributed by atoms with E-state index in [2.05, 4.69) is 36.4 Å². The predicted molar refractivity (Wildman–Crippen MR) is 92.4 cm³/mol. The number of nitrogens with one attached hydrogen (secondary N) is 2. The minimum absolute atomic E-state index is 0.115. The van der Waals surface area contributed by atoms with E-state index < -0.39 is 0 Å². The highest BCUT2D eigenvalue weighted by molar-refractivity contribution is 5.74. The Kier molecular flexibility index (Phi) is 6.42. The van der Waals surface area contributed by atoms with Crippen LogP contribution in [0.3, 0.4) is 0 Å². The summed E-state index contributed by atoms with van der Waals surface area (Å²) in [6, 6.07) is 8.36. The Hall–Kier alpha value is -1.59. The number of hydrogen-bond donors (Lipinski definition) is 3. The predicted octanol–water partition coefficient (Wildman–Crippen LogP) is 2.06. The zero-order valence-electron chi connectivity index (χ0n) is 14.4. The molecule has 128 valence electrons. The molecule has 1 saturated carbocycles. The third kappa shape index (κ3) is 5.22. The lowest BCUT2D eigenvalue weighted by molar-refractivity contribution is 0.208. The summed E-state index contributed by atoms with van der Waals surface area (Å²) in [6.07, 6.45) is 3.49. The fourth-order valence-corrected chi connectivity index (χ4v) is 2.66. The quantitative estimate of drug-likeness (QED) is 0.687. The van der Waals surface area contributed by atoms with E-state index in [-0.39, 0.29) is 18.7 Å². The molecular formula is C18H29N3O2. The summed E-state index contributed by atoms with van der Waals surface area (Å²) >= 11 is 0. The van der Waals surface area contributed by atoms with Crippen molar-refractivity contribution in [2.45, 2.75) is 51.2 Å². The van der Waals surface area contributed by atoms with Crippen LogP contribution >= 0.6 is 0 Å². The van der Waals surface area contributed by atoms with Crippen LogP contribution in [0.1, 0.15) is 43.9 Å². The number of hydrogen-bond acceptors (Lipinski definition) is 3. The largest absolute Gasteiger partial charge is 0.394 e. The van der Waals surface area contributed by atoms with Crippen LogP contribution in [0.15, 0.2) is 24.3 Å². The van der Waals surface area contributed by atoms with Crippen LogP contribution in [-0.4, -0.2) is 48.3 Å². The fraction of sp³-hybridized carbons (Fsp3) is 0.611. The topological polar surface area (TPSA) is 64.6 Å². The van der Waals surface area contributed by atoms with Gasteiger partial charge >= 0.3 is 6.03 Å². The number of aliphatic hydroxyl groups excluding tert-OH is 1. The Labute approximate surface area is 139 Å². The second kappa shape index (κ2) is 8.31. The lowest BCUT2D eigenvalue weighted by atomic mass is 10.0. The molecule has 23 heavy (non-hydrogen) atoms. The highest BCUT2D eigenvalue weighted by Crippen LogP contribution is 2.26. The van der Waals surface area contributed by atoms with E-state index in [9.17, 15) is 9.90 Å². The molecular weight excluding hydrogens is 290 g/mol. The summed E-state index contributed by atoms with van der Waals surface area (Å²) in [5.41, 5.74) is 2.16. The van der Waals surface area contributed by atoms with Gasteiger partial charge in [-0.05, 0) is 44.4 Å². The van der Waals surface area contributed by atoms with Gasteiger partial charge in [0.2, 0.25) is 0 Å². The molecule has 2 amide bonds. The van der Waals surface area contributed by atoms with Crippen molar-refractivity contribution in [1.29, 1.82) is 0 Å². The molecule has 1 aromatic carbocycles. The molecule has 5 heteroatoms. The van der Waals surface area contributed by atoms with Gasteiger partial charge in [-0.3, -0.25) is 4.90 Å². The minimum atomic E-state index is -0.377. The second-order valence-corrected chi connectivity index (χ2v) is 6.43. The number of benzene rings is 1. The van der Waals surface area contributed by atoms with E-state index in [1.165, 1.54) is 18.4 Å². The number of amides is 2. The van der Waals surface area contributed by atoms with E-state index >= 15 is 0 Å². The van der Waals surface area contributed by atoms with Gasteiger partial charge in [-0.25, -0.2) is 4.79 Å². The molecule has 0 spiro atoms. The number of carbonyl (C=O) groups excluding carboxylic acids is 1. The van der Waals surface area contributed by atoms with Gasteiger partial charge in [0, 0.05) is 18.6 Å². The van der Waals surface area contributed by atoms with E-state index in [0.29, 0.717) is 18.6 Å². The van der Waals surface area contributed by atoms with E-state index in [4.69, 9.17) is 0 Å². The Bertz CT molecular complexity index is 499. The second-order valence-electron chi connectivity index (χ2n) is 6.43. The third-order valence-electron chi connectivity index (χ3n) is 4.65. The van der Waals surface area contributed by atoms with Crippen LogP contribution in [0, 0.1) is 0 Å². The molecule has 1 aliphatic carbocycles. The van der Waals surface area contributed by atoms with Crippen molar-refractivity contribution in [2.75, 3.05) is 20.2 Å². The molecule has 1 aliphatic rings. The molecule has 0 saturated heterocycles. The number of urea groups is 1. The molecule has 0 aromatic heterocycles. The maximum absolute atomic E-state index is 12.1. The summed E-state index contributed by atoms with van der Waals surface area (Å²) < 4.78 is 0. The highest BCUT2D eigenvalue weighted by Gasteiger charge is 2.29. The highest BCUT2D eigenvalue weighted by atomic mass is 16.3. The van der Waals surface area contributed by atoms with Crippen LogP contribution in [0.4, 0.5) is 4.79 Å². The number of aryl methyl sites for hydroxylation is 1. The van der Waals surface area contributed by atoms with Gasteiger partial charge in [0.05, 0.1) is 12.6 Å². The monoisotopic (exact) mass is 319 g/mol. The first-order chi connectivity index (χ1) is 11.0. The molecule has 0 aliphatic heterocycles. The Morgan fingerprint density at radius 2 is 2.00 bits per heavy atom. The first-order valence-electron chi connectivity index (χ1n) is 8.51. The third-order valence-corrected chi connectivity index (χ3v) is 4.65. The smallest absolute Gasteiger partial charge is 0.315 e. The molecule has 0 bridgehead atoms. The number of likely N-dealkylation sites (N-methyl/N-ethyl adjacent to an activating group) is 1. The van der Waals surface area contributed by atoms with Crippen molar-refractivity contribution in [2.24, 2.45) is 0 Å². The van der Waals surface area contributed by atoms with Crippen molar-refractivity contribution in [3.63, 3.8) is 0 Å². The van der Waals surface area contributed by atoms with Gasteiger partial charge in [-0.15, -0.1) is 0 Å². The summed E-state index contributed by atoms with van der Waals surface area (Å²) in [5, 5.41) is 15.3. The molecule has 1 aromatic rings. The van der Waals surface area contributed by atoms with Crippen molar-refractivity contribution in [3.8, 4) is 0 Å². The van der Waals surface area contributed by atoms with Gasteiger partial charge in [0.25, 0.3) is 0 Å². The van der Waals surface area contributed by atoms with E-state index in [1.54, 1.807) is 0 Å². The lowest BCUT2D eigenvalue weighted by Crippen LogP contribution is -2.45. The van der Waals surface area contributed by atoms with Crippen LogP contribution in [0.5, 0.6) is 0 Å². The van der Waals surface area contributed by atoms with Gasteiger partial charge < -0.3 is 15.7 Å². The molecule has 1 fully saturated rings. The fourth-order valence-electron chi connectivity index (χ4n) is 2.66. The maximum Gasteiger partial charge on any atom is 0.315 e. The summed E-state index contributed by atoms with van der Waals surface area (Å²) in [6.45, 7) is 4.71. The summed E-state index contributed by atoms with van der Waals surface area (Å²) in [5.74, 6) is 0. The van der Waals surface area contributed by atoms with Gasteiger partial charge in [0.15, 0.2) is 0 Å². The van der Waals surface area contributed by atoms with Gasteiger partial charge in [-0.1, -0.05) is 31.2 Å². The Morgan fingerprint density at radius 1 is 1.35 bits per heavy atom. The molecule has 2 rings (SSSR count). The van der Waals surface area contributed by atoms with Crippen LogP contribution in [-0.2, 0) is 6.42 Å². The Balaban J connectivity index is 1.81. The molecule has 2 unspecified atom stereocenters. The average Bonchev–Trinajstić information content (AvgIpc) is 3.42. The van der Waals surface area contributed by atoms with E-state index in [0.717, 1.165) is 12.0 Å². The van der Waals surface area contributed by atoms with Crippen molar-refractivity contribution < 1.29 is 9.90 Å². The SMILES string of the molecule is CCc1ccc(C(CO)NC(=O)NCC(C)N(C)C2CC2)cc1. The summed E-state index contributed by atoms with van der Waals surface area (Å²) in [4.78, 5) is 14.4. The van der Waals surface area contributed by atoms with Crippen LogP contribution in [0.25, 0.3) is 0 Å². The minimum Gasteiger partial charge on any atom is -0.394 e. The molecule has 2 atom stereocenters. The zero-order chi connectivity index (χ0) is 16.8. The van der Waals surface area contributed by atoms with Gasteiger partial charge in [-0.2, -0.15) is 0 Å².